The number of nitrogens with one attached hydrogen (secondary N) is 1. The lowest BCUT2D eigenvalue weighted by Gasteiger charge is -2.22. The van der Waals surface area contributed by atoms with E-state index in [0.29, 0.717) is 16.7 Å². The molecule has 1 N–H and O–H groups in total. The van der Waals surface area contributed by atoms with Gasteiger partial charge in [0.25, 0.3) is 5.91 Å². The van der Waals surface area contributed by atoms with Crippen molar-refractivity contribution in [2.24, 2.45) is 0 Å². The molecule has 5 nitrogen and oxygen atoms in total. The van der Waals surface area contributed by atoms with E-state index in [-0.39, 0.29) is 52.0 Å². The van der Waals surface area contributed by atoms with Crippen LogP contribution in [0.15, 0.2) is 60.7 Å². The number of carbonyl (C=O) groups is 4. The van der Waals surface area contributed by atoms with Gasteiger partial charge in [-0.05, 0) is 30.7 Å². The first-order valence-corrected chi connectivity index (χ1v) is 10.2. The maximum Gasteiger partial charge on any atom is 0.255 e. The molecule has 0 bridgehead atoms. The van der Waals surface area contributed by atoms with Crippen LogP contribution in [-0.4, -0.2) is 29.1 Å². The summed E-state index contributed by atoms with van der Waals surface area (Å²) in [7, 11) is 0. The first kappa shape index (κ1) is 20.7. The first-order valence-electron chi connectivity index (χ1n) is 9.70. The lowest BCUT2D eigenvalue weighted by Crippen LogP contribution is -2.25. The van der Waals surface area contributed by atoms with Crippen molar-refractivity contribution in [3.05, 3.63) is 99.6 Å². The van der Waals surface area contributed by atoms with E-state index >= 15 is 0 Å². The third-order valence-electron chi connectivity index (χ3n) is 5.24. The van der Waals surface area contributed by atoms with Crippen LogP contribution >= 0.6 is 11.6 Å². The Kier molecular flexibility index (Phi) is 5.53. The van der Waals surface area contributed by atoms with Gasteiger partial charge in [-0.2, -0.15) is 0 Å². The number of Topliss-reactive ketones (excluding diaryl/α,β-unsaturated/α-hetero) is 1. The van der Waals surface area contributed by atoms with Gasteiger partial charge >= 0.3 is 0 Å². The molecule has 6 heteroatoms. The van der Waals surface area contributed by atoms with Crippen molar-refractivity contribution in [2.75, 3.05) is 11.2 Å². The Morgan fingerprint density at radius 3 is 2.26 bits per heavy atom. The van der Waals surface area contributed by atoms with Gasteiger partial charge in [0.05, 0.1) is 17.1 Å². The van der Waals surface area contributed by atoms with Crippen LogP contribution in [0.3, 0.4) is 0 Å². The molecule has 3 aromatic carbocycles. The number of amides is 1. The summed E-state index contributed by atoms with van der Waals surface area (Å²) in [5.74, 6) is -1.56. The van der Waals surface area contributed by atoms with Crippen molar-refractivity contribution in [3.8, 4) is 0 Å². The van der Waals surface area contributed by atoms with Crippen LogP contribution in [0.4, 0.5) is 5.69 Å². The standard InChI is InChI=1S/C25H18ClNO4/c1-14-5-4-6-16(11-14)25(31)27-22-15(12-17(28)13-26)9-10-20-21(22)24(30)19-8-3-2-7-18(19)23(20)29/h2-11H,12-13H2,1H3,(H,27,31). The summed E-state index contributed by atoms with van der Waals surface area (Å²) in [5, 5.41) is 2.79. The van der Waals surface area contributed by atoms with Gasteiger partial charge in [-0.15, -0.1) is 11.6 Å². The van der Waals surface area contributed by atoms with Crippen molar-refractivity contribution in [2.45, 2.75) is 13.3 Å². The van der Waals surface area contributed by atoms with Gasteiger partial charge in [-0.1, -0.05) is 48.0 Å². The zero-order chi connectivity index (χ0) is 22.1. The number of alkyl halides is 1. The zero-order valence-electron chi connectivity index (χ0n) is 16.7. The third-order valence-corrected chi connectivity index (χ3v) is 5.53. The minimum Gasteiger partial charge on any atom is -0.321 e. The average molecular weight is 432 g/mol. The predicted molar refractivity (Wildman–Crippen MR) is 118 cm³/mol. The molecule has 154 valence electrons. The fraction of sp³-hybridized carbons (Fsp3) is 0.120. The summed E-state index contributed by atoms with van der Waals surface area (Å²) in [4.78, 5) is 51.4. The second-order valence-electron chi connectivity index (χ2n) is 7.40. The van der Waals surface area contributed by atoms with Crippen LogP contribution in [0.25, 0.3) is 0 Å². The lowest BCUT2D eigenvalue weighted by atomic mass is 9.81. The molecule has 1 aliphatic rings. The number of aryl methyl sites for hydroxylation is 1. The Hall–Kier alpha value is -3.57. The Morgan fingerprint density at radius 2 is 1.58 bits per heavy atom. The molecule has 0 aromatic heterocycles. The van der Waals surface area contributed by atoms with Crippen molar-refractivity contribution >= 4 is 40.5 Å². The molecule has 0 radical (unpaired) electrons. The van der Waals surface area contributed by atoms with E-state index in [4.69, 9.17) is 11.6 Å². The van der Waals surface area contributed by atoms with Gasteiger partial charge < -0.3 is 5.32 Å². The Labute approximate surface area is 184 Å². The van der Waals surface area contributed by atoms with Crippen molar-refractivity contribution in [1.29, 1.82) is 0 Å². The number of hydrogen-bond donors (Lipinski definition) is 1. The largest absolute Gasteiger partial charge is 0.321 e. The van der Waals surface area contributed by atoms with Crippen LogP contribution < -0.4 is 5.32 Å². The van der Waals surface area contributed by atoms with Crippen LogP contribution in [0.5, 0.6) is 0 Å². The summed E-state index contributed by atoms with van der Waals surface area (Å²) in [6.45, 7) is 1.87. The smallest absolute Gasteiger partial charge is 0.255 e. The molecule has 0 heterocycles. The van der Waals surface area contributed by atoms with E-state index < -0.39 is 5.91 Å². The SMILES string of the molecule is Cc1cccc(C(=O)Nc2c(CC(=O)CCl)ccc3c2C(=O)c2ccccc2C3=O)c1. The molecule has 31 heavy (non-hydrogen) atoms. The third kappa shape index (κ3) is 3.80. The van der Waals surface area contributed by atoms with Crippen LogP contribution in [0.2, 0.25) is 0 Å². The molecule has 3 aromatic rings. The summed E-state index contributed by atoms with van der Waals surface area (Å²) in [6.07, 6.45) is -0.0661. The molecular weight excluding hydrogens is 414 g/mol. The molecule has 1 aliphatic carbocycles. The van der Waals surface area contributed by atoms with Gasteiger partial charge in [0, 0.05) is 28.7 Å². The van der Waals surface area contributed by atoms with E-state index in [0.717, 1.165) is 5.56 Å². The molecule has 0 aliphatic heterocycles. The van der Waals surface area contributed by atoms with Gasteiger partial charge in [0.15, 0.2) is 17.3 Å². The van der Waals surface area contributed by atoms with Crippen LogP contribution in [0, 0.1) is 6.92 Å². The number of halogens is 1. The number of benzene rings is 3. The van der Waals surface area contributed by atoms with Gasteiger partial charge in [-0.3, -0.25) is 19.2 Å². The highest BCUT2D eigenvalue weighted by Gasteiger charge is 2.33. The van der Waals surface area contributed by atoms with Gasteiger partial charge in [0.2, 0.25) is 0 Å². The van der Waals surface area contributed by atoms with Gasteiger partial charge in [-0.25, -0.2) is 0 Å². The van der Waals surface area contributed by atoms with E-state index in [1.807, 2.05) is 13.0 Å². The molecule has 4 rings (SSSR count). The average Bonchev–Trinajstić information content (AvgIpc) is 2.78. The Morgan fingerprint density at radius 1 is 0.871 bits per heavy atom. The van der Waals surface area contributed by atoms with Crippen LogP contribution in [-0.2, 0) is 11.2 Å². The Bertz CT molecular complexity index is 1260. The first-order chi connectivity index (χ1) is 14.9. The van der Waals surface area contributed by atoms with E-state index in [9.17, 15) is 19.2 Å². The summed E-state index contributed by atoms with van der Waals surface area (Å²) >= 11 is 5.68. The van der Waals surface area contributed by atoms with Crippen molar-refractivity contribution in [3.63, 3.8) is 0 Å². The zero-order valence-corrected chi connectivity index (χ0v) is 17.5. The second-order valence-corrected chi connectivity index (χ2v) is 7.67. The quantitative estimate of drug-likeness (QED) is 0.476. The highest BCUT2D eigenvalue weighted by atomic mass is 35.5. The van der Waals surface area contributed by atoms with Crippen LogP contribution in [0.1, 0.15) is 53.3 Å². The number of rotatable bonds is 5. The minimum absolute atomic E-state index is 0.0661. The number of anilines is 1. The van der Waals surface area contributed by atoms with E-state index in [2.05, 4.69) is 5.32 Å². The lowest BCUT2D eigenvalue weighted by molar-refractivity contribution is -0.116. The molecule has 0 spiro atoms. The highest BCUT2D eigenvalue weighted by Crippen LogP contribution is 2.35. The molecule has 1 amide bonds. The maximum absolute atomic E-state index is 13.3. The summed E-state index contributed by atoms with van der Waals surface area (Å²) in [6, 6.07) is 16.7. The summed E-state index contributed by atoms with van der Waals surface area (Å²) in [5.41, 5.74) is 2.81. The fourth-order valence-corrected chi connectivity index (χ4v) is 3.85. The molecule has 0 fully saturated rings. The summed E-state index contributed by atoms with van der Waals surface area (Å²) < 4.78 is 0. The van der Waals surface area contributed by atoms with E-state index in [1.165, 1.54) is 6.07 Å². The second kappa shape index (κ2) is 8.28. The highest BCUT2D eigenvalue weighted by molar-refractivity contribution is 6.31. The van der Waals surface area contributed by atoms with Crippen molar-refractivity contribution < 1.29 is 19.2 Å². The molecule has 0 saturated carbocycles. The van der Waals surface area contributed by atoms with E-state index in [1.54, 1.807) is 48.5 Å². The number of carbonyl (C=O) groups excluding carboxylic acids is 4. The predicted octanol–water partition coefficient (Wildman–Crippen LogP) is 4.37. The minimum atomic E-state index is -0.434. The molecule has 0 atom stereocenters. The molecular formula is C25H18ClNO4. The molecule has 0 unspecified atom stereocenters. The topological polar surface area (TPSA) is 80.3 Å². The monoisotopic (exact) mass is 431 g/mol. The number of fused-ring (bicyclic) bond motifs is 2. The normalized spacial score (nSPS) is 12.2. The fourth-order valence-electron chi connectivity index (χ4n) is 3.75. The van der Waals surface area contributed by atoms with Gasteiger partial charge in [0.1, 0.15) is 0 Å². The maximum atomic E-state index is 13.3. The number of ketones is 3. The molecule has 0 saturated heterocycles. The number of hydrogen-bond acceptors (Lipinski definition) is 4. The van der Waals surface area contributed by atoms with Crippen molar-refractivity contribution in [1.82, 2.24) is 0 Å². The Balaban J connectivity index is 1.87.